The van der Waals surface area contributed by atoms with E-state index >= 15 is 0 Å². The summed E-state index contributed by atoms with van der Waals surface area (Å²) in [5.74, 6) is 1.59. The predicted octanol–water partition coefficient (Wildman–Crippen LogP) is 3.87. The number of ether oxygens (including phenoxy) is 2. The van der Waals surface area contributed by atoms with Crippen LogP contribution >= 0.6 is 0 Å². The molecule has 0 radical (unpaired) electrons. The molecule has 0 heterocycles. The Kier molecular flexibility index (Phi) is 4.02. The molecule has 2 nitrogen and oxygen atoms in total. The van der Waals surface area contributed by atoms with E-state index in [1.807, 2.05) is 42.5 Å². The van der Waals surface area contributed by atoms with Crippen molar-refractivity contribution in [2.24, 2.45) is 0 Å². The third-order valence-electron chi connectivity index (χ3n) is 2.64. The molecule has 0 atom stereocenters. The molecule has 2 aromatic rings. The number of rotatable bonds is 4. The van der Waals surface area contributed by atoms with Crippen molar-refractivity contribution in [2.75, 3.05) is 14.2 Å². The van der Waals surface area contributed by atoms with E-state index in [4.69, 9.17) is 9.47 Å². The van der Waals surface area contributed by atoms with Crippen molar-refractivity contribution >= 4 is 12.2 Å². The van der Waals surface area contributed by atoms with E-state index in [1.165, 1.54) is 5.56 Å². The Balaban J connectivity index is 2.25. The lowest BCUT2D eigenvalue weighted by atomic mass is 10.1. The van der Waals surface area contributed by atoms with E-state index in [9.17, 15) is 0 Å². The number of methoxy groups -OCH3 is 2. The monoisotopic (exact) mass is 240 g/mol. The van der Waals surface area contributed by atoms with Crippen molar-refractivity contribution in [1.29, 1.82) is 0 Å². The maximum Gasteiger partial charge on any atom is 0.123 e. The Labute approximate surface area is 107 Å². The highest BCUT2D eigenvalue weighted by molar-refractivity contribution is 5.70. The molecule has 0 saturated heterocycles. The molecule has 0 spiro atoms. The first-order valence-corrected chi connectivity index (χ1v) is 5.78. The molecular formula is C16H16O2. The number of benzene rings is 2. The van der Waals surface area contributed by atoms with Crippen molar-refractivity contribution in [3.63, 3.8) is 0 Å². The van der Waals surface area contributed by atoms with Crippen molar-refractivity contribution in [3.8, 4) is 11.5 Å². The van der Waals surface area contributed by atoms with Gasteiger partial charge in [0.1, 0.15) is 11.5 Å². The first-order chi connectivity index (χ1) is 8.81. The molecule has 0 unspecified atom stereocenters. The number of hydrogen-bond donors (Lipinski definition) is 0. The van der Waals surface area contributed by atoms with Crippen molar-refractivity contribution < 1.29 is 9.47 Å². The molecular weight excluding hydrogens is 224 g/mol. The van der Waals surface area contributed by atoms with Crippen LogP contribution in [0.4, 0.5) is 0 Å². The summed E-state index contributed by atoms with van der Waals surface area (Å²) in [6, 6.07) is 16.0. The lowest BCUT2D eigenvalue weighted by Crippen LogP contribution is -1.88. The summed E-state index contributed by atoms with van der Waals surface area (Å²) in [5.41, 5.74) is 2.22. The Morgan fingerprint density at radius 3 is 1.83 bits per heavy atom. The van der Waals surface area contributed by atoms with Crippen LogP contribution in [0.1, 0.15) is 11.1 Å². The molecule has 0 saturated carbocycles. The summed E-state index contributed by atoms with van der Waals surface area (Å²) in [5, 5.41) is 0. The van der Waals surface area contributed by atoms with E-state index in [0.29, 0.717) is 0 Å². The van der Waals surface area contributed by atoms with Gasteiger partial charge in [0, 0.05) is 6.07 Å². The zero-order valence-electron chi connectivity index (χ0n) is 10.6. The summed E-state index contributed by atoms with van der Waals surface area (Å²) in [6.07, 6.45) is 4.11. The average Bonchev–Trinajstić information content (AvgIpc) is 2.45. The summed E-state index contributed by atoms with van der Waals surface area (Å²) in [7, 11) is 3.30. The third kappa shape index (κ3) is 3.14. The fourth-order valence-electron chi connectivity index (χ4n) is 1.68. The minimum absolute atomic E-state index is 0.794. The van der Waals surface area contributed by atoms with E-state index in [1.54, 1.807) is 14.2 Å². The van der Waals surface area contributed by atoms with Gasteiger partial charge in [0.05, 0.1) is 14.2 Å². The van der Waals surface area contributed by atoms with E-state index < -0.39 is 0 Å². The molecule has 92 valence electrons. The molecule has 0 aliphatic heterocycles. The lowest BCUT2D eigenvalue weighted by Gasteiger charge is -2.05. The van der Waals surface area contributed by atoms with Crippen molar-refractivity contribution in [2.45, 2.75) is 0 Å². The molecule has 0 amide bonds. The largest absolute Gasteiger partial charge is 0.497 e. The van der Waals surface area contributed by atoms with Crippen LogP contribution in [-0.4, -0.2) is 14.2 Å². The van der Waals surface area contributed by atoms with Gasteiger partial charge < -0.3 is 9.47 Å². The van der Waals surface area contributed by atoms with Crippen LogP contribution in [-0.2, 0) is 0 Å². The Morgan fingerprint density at radius 1 is 0.722 bits per heavy atom. The Morgan fingerprint density at radius 2 is 1.28 bits per heavy atom. The normalized spacial score (nSPS) is 10.6. The van der Waals surface area contributed by atoms with Gasteiger partial charge in [-0.2, -0.15) is 0 Å². The minimum Gasteiger partial charge on any atom is -0.497 e. The minimum atomic E-state index is 0.794. The van der Waals surface area contributed by atoms with Crippen LogP contribution in [0.5, 0.6) is 11.5 Å². The van der Waals surface area contributed by atoms with Gasteiger partial charge in [-0.1, -0.05) is 42.5 Å². The van der Waals surface area contributed by atoms with Crippen LogP contribution in [0, 0.1) is 0 Å². The maximum atomic E-state index is 5.24. The summed E-state index contributed by atoms with van der Waals surface area (Å²) >= 11 is 0. The molecule has 2 aromatic carbocycles. The fourth-order valence-corrected chi connectivity index (χ4v) is 1.68. The van der Waals surface area contributed by atoms with Crippen molar-refractivity contribution in [3.05, 3.63) is 59.7 Å². The van der Waals surface area contributed by atoms with Gasteiger partial charge in [-0.05, 0) is 23.3 Å². The molecule has 2 rings (SSSR count). The van der Waals surface area contributed by atoms with Gasteiger partial charge in [-0.25, -0.2) is 0 Å². The third-order valence-corrected chi connectivity index (χ3v) is 2.64. The second-order valence-electron chi connectivity index (χ2n) is 3.89. The van der Waals surface area contributed by atoms with Gasteiger partial charge in [0.15, 0.2) is 0 Å². The molecule has 0 aromatic heterocycles. The molecule has 0 fully saturated rings. The fraction of sp³-hybridized carbons (Fsp3) is 0.125. The highest BCUT2D eigenvalue weighted by atomic mass is 16.5. The second kappa shape index (κ2) is 5.92. The zero-order valence-corrected chi connectivity index (χ0v) is 10.6. The molecule has 2 heteroatoms. The Hall–Kier alpha value is -2.22. The van der Waals surface area contributed by atoms with Gasteiger partial charge in [0.2, 0.25) is 0 Å². The topological polar surface area (TPSA) is 18.5 Å². The molecule has 0 bridgehead atoms. The van der Waals surface area contributed by atoms with E-state index in [2.05, 4.69) is 18.2 Å². The number of hydrogen-bond acceptors (Lipinski definition) is 2. The quantitative estimate of drug-likeness (QED) is 0.755. The lowest BCUT2D eigenvalue weighted by molar-refractivity contribution is 0.394. The van der Waals surface area contributed by atoms with Crippen molar-refractivity contribution in [1.82, 2.24) is 0 Å². The van der Waals surface area contributed by atoms with Crippen LogP contribution in [0.2, 0.25) is 0 Å². The van der Waals surface area contributed by atoms with Gasteiger partial charge in [-0.3, -0.25) is 0 Å². The van der Waals surface area contributed by atoms with Gasteiger partial charge in [0.25, 0.3) is 0 Å². The van der Waals surface area contributed by atoms with Gasteiger partial charge >= 0.3 is 0 Å². The van der Waals surface area contributed by atoms with Crippen LogP contribution in [0.25, 0.3) is 12.2 Å². The molecule has 0 aliphatic carbocycles. The van der Waals surface area contributed by atoms with Crippen LogP contribution in [0.3, 0.4) is 0 Å². The maximum absolute atomic E-state index is 5.24. The summed E-state index contributed by atoms with van der Waals surface area (Å²) in [4.78, 5) is 0. The summed E-state index contributed by atoms with van der Waals surface area (Å²) < 4.78 is 10.5. The Bertz CT molecular complexity index is 508. The van der Waals surface area contributed by atoms with Crippen LogP contribution in [0.15, 0.2) is 48.5 Å². The standard InChI is InChI=1S/C16H16O2/c1-17-15-10-14(11-16(12-15)18-2)9-8-13-6-4-3-5-7-13/h3-12H,1-2H3. The smallest absolute Gasteiger partial charge is 0.123 e. The zero-order chi connectivity index (χ0) is 12.8. The first-order valence-electron chi connectivity index (χ1n) is 5.78. The van der Waals surface area contributed by atoms with Gasteiger partial charge in [-0.15, -0.1) is 0 Å². The highest BCUT2D eigenvalue weighted by Crippen LogP contribution is 2.23. The molecule has 0 N–H and O–H groups in total. The second-order valence-corrected chi connectivity index (χ2v) is 3.89. The van der Waals surface area contributed by atoms with Crippen LogP contribution < -0.4 is 9.47 Å². The molecule has 0 aliphatic rings. The van der Waals surface area contributed by atoms with E-state index in [0.717, 1.165) is 17.1 Å². The SMILES string of the molecule is COc1cc(C=Cc2ccccc2)cc(OC)c1. The summed E-state index contributed by atoms with van der Waals surface area (Å²) in [6.45, 7) is 0. The predicted molar refractivity (Wildman–Crippen MR) is 74.9 cm³/mol. The first kappa shape index (κ1) is 12.2. The molecule has 18 heavy (non-hydrogen) atoms. The van der Waals surface area contributed by atoms with E-state index in [-0.39, 0.29) is 0 Å². The highest BCUT2D eigenvalue weighted by Gasteiger charge is 1.99. The average molecular weight is 240 g/mol.